The number of ether oxygens (including phenoxy) is 2. The first kappa shape index (κ1) is 36.2. The van der Waals surface area contributed by atoms with Gasteiger partial charge in [-0.3, -0.25) is 0 Å². The number of hydrogen-bond acceptors (Lipinski definition) is 5. The van der Waals surface area contributed by atoms with Gasteiger partial charge in [0, 0.05) is 14.2 Å². The van der Waals surface area contributed by atoms with E-state index in [1.807, 2.05) is 0 Å². The van der Waals surface area contributed by atoms with Gasteiger partial charge in [0.2, 0.25) is 0 Å². The van der Waals surface area contributed by atoms with Crippen molar-refractivity contribution < 1.29 is 57.0 Å². The molecule has 0 amide bonds. The van der Waals surface area contributed by atoms with Gasteiger partial charge in [-0.05, 0) is 27.7 Å². The van der Waals surface area contributed by atoms with E-state index >= 15 is 0 Å². The highest BCUT2D eigenvalue weighted by Crippen LogP contribution is 2.20. The molecule has 0 aliphatic carbocycles. The fraction of sp³-hybridized carbons (Fsp3) is 1.00. The van der Waals surface area contributed by atoms with Crippen molar-refractivity contribution in [3.8, 4) is 0 Å². The summed E-state index contributed by atoms with van der Waals surface area (Å²) < 4.78 is 71.2. The average Bonchev–Trinajstić information content (AvgIpc) is 2.63. The minimum Gasteiger partial charge on any atom is -1.00 e. The molecule has 0 bridgehead atoms. The molecule has 0 rings (SSSR count). The van der Waals surface area contributed by atoms with Gasteiger partial charge in [-0.15, -0.1) is 0 Å². The Morgan fingerprint density at radius 3 is 1.10 bits per heavy atom. The van der Waals surface area contributed by atoms with Gasteiger partial charge in [0.05, 0.1) is 53.5 Å². The second-order valence-corrected chi connectivity index (χ2v) is 8.21. The Kier molecular flexibility index (Phi) is 21.9. The van der Waals surface area contributed by atoms with Gasteiger partial charge in [-0.25, -0.2) is 8.42 Å². The van der Waals surface area contributed by atoms with E-state index in [4.69, 9.17) is 22.4 Å². The molecule has 0 saturated carbocycles. The fourth-order valence-corrected chi connectivity index (χ4v) is 1.70. The number of likely N-dealkylation sites (N-methyl/N-ethyl adjacent to an activating group) is 2. The Bertz CT molecular complexity index is 450. The lowest BCUT2D eigenvalue weighted by Gasteiger charge is -2.31. The van der Waals surface area contributed by atoms with E-state index in [1.165, 1.54) is 26.2 Å². The van der Waals surface area contributed by atoms with Crippen LogP contribution in [-0.2, 0) is 19.6 Å². The van der Waals surface area contributed by atoms with Crippen molar-refractivity contribution in [1.82, 2.24) is 0 Å². The molecule has 0 saturated heterocycles. The molecule has 0 radical (unpaired) electrons. The van der Waals surface area contributed by atoms with E-state index in [9.17, 15) is 13.2 Å². The predicted octanol–water partition coefficient (Wildman–Crippen LogP) is -0.706. The number of quaternary nitrogens is 2. The number of nitrogens with zero attached hydrogens (tertiary/aromatic N) is 2. The van der Waals surface area contributed by atoms with Crippen LogP contribution >= 0.6 is 0 Å². The summed E-state index contributed by atoms with van der Waals surface area (Å²) in [6, 6.07) is 0. The summed E-state index contributed by atoms with van der Waals surface area (Å²) in [6.45, 7) is 17.7. The molecular formula is C17H40ClF3N2O5S. The van der Waals surface area contributed by atoms with Crippen LogP contribution < -0.4 is 12.4 Å². The first-order chi connectivity index (χ1) is 12.6. The second kappa shape index (κ2) is 17.5. The van der Waals surface area contributed by atoms with Crippen LogP contribution in [0.15, 0.2) is 0 Å². The fourth-order valence-electron chi connectivity index (χ4n) is 1.70. The van der Waals surface area contributed by atoms with Gasteiger partial charge >= 0.3 is 5.51 Å². The third kappa shape index (κ3) is 19.5. The van der Waals surface area contributed by atoms with E-state index in [0.717, 1.165) is 35.3 Å². The number of halogens is 4. The normalized spacial score (nSPS) is 12.1. The first-order valence-corrected chi connectivity index (χ1v) is 10.7. The highest BCUT2D eigenvalue weighted by molar-refractivity contribution is 7.86. The van der Waals surface area contributed by atoms with E-state index in [2.05, 4.69) is 41.8 Å². The lowest BCUT2D eigenvalue weighted by molar-refractivity contribution is -0.906. The van der Waals surface area contributed by atoms with Crippen LogP contribution in [0.5, 0.6) is 0 Å². The molecule has 182 valence electrons. The molecule has 0 aromatic rings. The molecule has 0 aromatic carbocycles. The number of hydrogen-bond donors (Lipinski definition) is 0. The summed E-state index contributed by atoms with van der Waals surface area (Å²) in [5, 5.41) is 0. The highest BCUT2D eigenvalue weighted by atomic mass is 35.5. The predicted molar refractivity (Wildman–Crippen MR) is 104 cm³/mol. The Hall–Kier alpha value is -0.170. The minimum atomic E-state index is -6.09. The molecule has 0 unspecified atom stereocenters. The third-order valence-corrected chi connectivity index (χ3v) is 5.57. The zero-order chi connectivity index (χ0) is 23.1. The van der Waals surface area contributed by atoms with Crippen LogP contribution in [0, 0.1) is 0 Å². The molecule has 7 nitrogen and oxygen atoms in total. The van der Waals surface area contributed by atoms with Crippen LogP contribution in [0.4, 0.5) is 13.2 Å². The molecule has 0 aliphatic rings. The molecule has 0 fully saturated rings. The molecule has 29 heavy (non-hydrogen) atoms. The SMILES string of the molecule is CC[N+](C)(CC)CCOC.CC[N+](C)(CC)CCOC.O=S(=O)([O-])C(F)(F)F.[Cl-]. The number of rotatable bonds is 10. The summed E-state index contributed by atoms with van der Waals surface area (Å²) in [7, 11) is 1.95. The lowest BCUT2D eigenvalue weighted by atomic mass is 10.4. The van der Waals surface area contributed by atoms with E-state index in [-0.39, 0.29) is 12.4 Å². The average molecular weight is 477 g/mol. The molecule has 0 atom stereocenters. The zero-order valence-corrected chi connectivity index (χ0v) is 20.6. The standard InChI is InChI=1S/2C8H20NO.CHF3O3S.ClH/c2*1-5-9(3,6-2)7-8-10-4;2-1(3,4)8(5,6)7;/h2*5-8H2,1-4H3;(H,5,6,7);1H/q2*+1;;/p-2. The zero-order valence-electron chi connectivity index (χ0n) is 19.0. The second-order valence-electron chi connectivity index (χ2n) is 6.84. The van der Waals surface area contributed by atoms with E-state index in [1.54, 1.807) is 14.2 Å². The molecular weight excluding hydrogens is 437 g/mol. The summed E-state index contributed by atoms with van der Waals surface area (Å²) in [5.74, 6) is 0. The van der Waals surface area contributed by atoms with Gasteiger partial charge in [0.1, 0.15) is 13.1 Å². The third-order valence-electron chi connectivity index (χ3n) is 5.01. The Balaban J connectivity index is -0.000000160. The van der Waals surface area contributed by atoms with Crippen molar-refractivity contribution in [1.29, 1.82) is 0 Å². The number of alkyl halides is 3. The molecule has 0 spiro atoms. The molecule has 0 aromatic heterocycles. The van der Waals surface area contributed by atoms with Crippen molar-refractivity contribution in [3.63, 3.8) is 0 Å². The van der Waals surface area contributed by atoms with Gasteiger partial charge in [-0.2, -0.15) is 13.2 Å². The maximum absolute atomic E-state index is 10.7. The molecule has 12 heteroatoms. The largest absolute Gasteiger partial charge is 1.00 e. The monoisotopic (exact) mass is 476 g/mol. The van der Waals surface area contributed by atoms with Crippen LogP contribution in [0.1, 0.15) is 27.7 Å². The van der Waals surface area contributed by atoms with Crippen molar-refractivity contribution in [2.75, 3.05) is 80.8 Å². The lowest BCUT2D eigenvalue weighted by Crippen LogP contribution is -3.00. The Morgan fingerprint density at radius 2 is 1.00 bits per heavy atom. The first-order valence-electron chi connectivity index (χ1n) is 9.29. The van der Waals surface area contributed by atoms with Crippen LogP contribution in [0.25, 0.3) is 0 Å². The van der Waals surface area contributed by atoms with Crippen molar-refractivity contribution in [2.45, 2.75) is 33.2 Å². The Labute approximate surface area is 181 Å². The van der Waals surface area contributed by atoms with E-state index < -0.39 is 15.6 Å². The quantitative estimate of drug-likeness (QED) is 0.237. The topological polar surface area (TPSA) is 75.7 Å². The summed E-state index contributed by atoms with van der Waals surface area (Å²) in [5.41, 5.74) is -5.65. The molecule has 0 heterocycles. The Morgan fingerprint density at radius 1 is 0.793 bits per heavy atom. The van der Waals surface area contributed by atoms with Crippen molar-refractivity contribution >= 4 is 10.1 Å². The van der Waals surface area contributed by atoms with Crippen LogP contribution in [0.3, 0.4) is 0 Å². The van der Waals surface area contributed by atoms with Gasteiger partial charge in [-0.1, -0.05) is 0 Å². The molecule has 0 aliphatic heterocycles. The van der Waals surface area contributed by atoms with Crippen LogP contribution in [0.2, 0.25) is 0 Å². The van der Waals surface area contributed by atoms with Crippen LogP contribution in [-0.4, -0.2) is 108 Å². The number of methoxy groups -OCH3 is 2. The maximum atomic E-state index is 10.7. The van der Waals surface area contributed by atoms with Gasteiger partial charge in [0.15, 0.2) is 10.1 Å². The smallest absolute Gasteiger partial charge is 0.485 e. The minimum absolute atomic E-state index is 0. The summed E-state index contributed by atoms with van der Waals surface area (Å²) in [4.78, 5) is 0. The summed E-state index contributed by atoms with van der Waals surface area (Å²) >= 11 is 0. The molecule has 0 N–H and O–H groups in total. The maximum Gasteiger partial charge on any atom is 0.485 e. The van der Waals surface area contributed by atoms with Crippen molar-refractivity contribution in [3.05, 3.63) is 0 Å². The van der Waals surface area contributed by atoms with Gasteiger partial charge in [0.25, 0.3) is 0 Å². The summed E-state index contributed by atoms with van der Waals surface area (Å²) in [6.07, 6.45) is 0. The highest BCUT2D eigenvalue weighted by Gasteiger charge is 2.36. The van der Waals surface area contributed by atoms with Gasteiger partial charge < -0.3 is 35.4 Å². The van der Waals surface area contributed by atoms with Crippen molar-refractivity contribution in [2.24, 2.45) is 0 Å². The van der Waals surface area contributed by atoms with E-state index in [0.29, 0.717) is 0 Å².